The standard InChI is InChI=1S/C13H18N4/c1-10-8-13(17(3)16-10)9-15-11(2)12-4-6-14-7-5-12/h4-8,11,15H,9H2,1-3H3/t11-/m1/s1. The highest BCUT2D eigenvalue weighted by Crippen LogP contribution is 2.11. The summed E-state index contributed by atoms with van der Waals surface area (Å²) in [5, 5.41) is 7.81. The Morgan fingerprint density at radius 1 is 1.35 bits per heavy atom. The third-order valence-corrected chi connectivity index (χ3v) is 2.89. The van der Waals surface area contributed by atoms with Crippen molar-refractivity contribution < 1.29 is 0 Å². The summed E-state index contributed by atoms with van der Waals surface area (Å²) in [5.41, 5.74) is 3.50. The second kappa shape index (κ2) is 5.10. The zero-order valence-electron chi connectivity index (χ0n) is 10.5. The molecule has 0 radical (unpaired) electrons. The third kappa shape index (κ3) is 2.91. The van der Waals surface area contributed by atoms with Crippen LogP contribution in [-0.2, 0) is 13.6 Å². The smallest absolute Gasteiger partial charge is 0.0597 e. The number of pyridine rings is 1. The summed E-state index contributed by atoms with van der Waals surface area (Å²) < 4.78 is 1.92. The van der Waals surface area contributed by atoms with Crippen LogP contribution in [0.3, 0.4) is 0 Å². The second-order valence-corrected chi connectivity index (χ2v) is 4.28. The molecular formula is C13H18N4. The lowest BCUT2D eigenvalue weighted by Crippen LogP contribution is -2.19. The fourth-order valence-corrected chi connectivity index (χ4v) is 1.86. The number of nitrogens with one attached hydrogen (secondary N) is 1. The van der Waals surface area contributed by atoms with Crippen LogP contribution < -0.4 is 5.32 Å². The molecule has 0 aliphatic rings. The van der Waals surface area contributed by atoms with Crippen LogP contribution in [0.5, 0.6) is 0 Å². The highest BCUT2D eigenvalue weighted by atomic mass is 15.3. The minimum absolute atomic E-state index is 0.313. The molecular weight excluding hydrogens is 212 g/mol. The molecule has 0 spiro atoms. The summed E-state index contributed by atoms with van der Waals surface area (Å²) in [6.07, 6.45) is 3.64. The molecule has 0 saturated carbocycles. The molecule has 1 atom stereocenters. The Bertz CT molecular complexity index is 475. The average molecular weight is 230 g/mol. The lowest BCUT2D eigenvalue weighted by molar-refractivity contribution is 0.547. The topological polar surface area (TPSA) is 42.7 Å². The van der Waals surface area contributed by atoms with Gasteiger partial charge in [-0.25, -0.2) is 0 Å². The Labute approximate surface area is 102 Å². The van der Waals surface area contributed by atoms with E-state index in [-0.39, 0.29) is 0 Å². The quantitative estimate of drug-likeness (QED) is 0.873. The predicted molar refractivity (Wildman–Crippen MR) is 67.4 cm³/mol. The summed E-state index contributed by atoms with van der Waals surface area (Å²) >= 11 is 0. The molecule has 4 nitrogen and oxygen atoms in total. The van der Waals surface area contributed by atoms with Crippen LogP contribution in [0.15, 0.2) is 30.6 Å². The highest BCUT2D eigenvalue weighted by molar-refractivity contribution is 5.15. The van der Waals surface area contributed by atoms with E-state index < -0.39 is 0 Å². The van der Waals surface area contributed by atoms with Crippen molar-refractivity contribution in [3.05, 3.63) is 47.5 Å². The molecule has 0 aliphatic carbocycles. The maximum atomic E-state index is 4.33. The van der Waals surface area contributed by atoms with E-state index in [0.717, 1.165) is 12.2 Å². The van der Waals surface area contributed by atoms with Crippen molar-refractivity contribution in [3.8, 4) is 0 Å². The minimum atomic E-state index is 0.313. The first-order valence-corrected chi connectivity index (χ1v) is 5.79. The lowest BCUT2D eigenvalue weighted by Gasteiger charge is -2.13. The first kappa shape index (κ1) is 11.8. The Kier molecular flexibility index (Phi) is 3.54. The molecule has 1 N–H and O–H groups in total. The van der Waals surface area contributed by atoms with Gasteiger partial charge in [0.1, 0.15) is 0 Å². The number of hydrogen-bond acceptors (Lipinski definition) is 3. The van der Waals surface area contributed by atoms with E-state index >= 15 is 0 Å². The molecule has 2 heterocycles. The van der Waals surface area contributed by atoms with Crippen LogP contribution in [0.1, 0.15) is 29.9 Å². The van der Waals surface area contributed by atoms with Gasteiger partial charge >= 0.3 is 0 Å². The first-order valence-electron chi connectivity index (χ1n) is 5.79. The molecule has 2 rings (SSSR count). The summed E-state index contributed by atoms with van der Waals surface area (Å²) in [5.74, 6) is 0. The van der Waals surface area contributed by atoms with Crippen LogP contribution in [0, 0.1) is 6.92 Å². The summed E-state index contributed by atoms with van der Waals surface area (Å²) in [6.45, 7) is 4.98. The number of nitrogens with zero attached hydrogens (tertiary/aromatic N) is 3. The van der Waals surface area contributed by atoms with E-state index in [9.17, 15) is 0 Å². The molecule has 2 aromatic rings. The molecule has 0 fully saturated rings. The van der Waals surface area contributed by atoms with Gasteiger partial charge in [-0.1, -0.05) is 0 Å². The molecule has 0 aromatic carbocycles. The predicted octanol–water partition coefficient (Wildman–Crippen LogP) is 1.97. The second-order valence-electron chi connectivity index (χ2n) is 4.28. The molecule has 0 unspecified atom stereocenters. The maximum Gasteiger partial charge on any atom is 0.0597 e. The molecule has 4 heteroatoms. The van der Waals surface area contributed by atoms with E-state index in [0.29, 0.717) is 6.04 Å². The summed E-state index contributed by atoms with van der Waals surface area (Å²) in [7, 11) is 1.97. The fraction of sp³-hybridized carbons (Fsp3) is 0.385. The zero-order valence-corrected chi connectivity index (χ0v) is 10.5. The zero-order chi connectivity index (χ0) is 12.3. The van der Waals surface area contributed by atoms with Gasteiger partial charge in [0.15, 0.2) is 0 Å². The fourth-order valence-electron chi connectivity index (χ4n) is 1.86. The van der Waals surface area contributed by atoms with Crippen molar-refractivity contribution in [2.75, 3.05) is 0 Å². The molecule has 2 aromatic heterocycles. The van der Waals surface area contributed by atoms with Crippen molar-refractivity contribution in [1.82, 2.24) is 20.1 Å². The Balaban J connectivity index is 1.97. The summed E-state index contributed by atoms with van der Waals surface area (Å²) in [4.78, 5) is 4.02. The van der Waals surface area contributed by atoms with Crippen molar-refractivity contribution in [1.29, 1.82) is 0 Å². The Hall–Kier alpha value is -1.68. The third-order valence-electron chi connectivity index (χ3n) is 2.89. The number of rotatable bonds is 4. The van der Waals surface area contributed by atoms with E-state index in [4.69, 9.17) is 0 Å². The highest BCUT2D eigenvalue weighted by Gasteiger charge is 2.06. The summed E-state index contributed by atoms with van der Waals surface area (Å²) in [6, 6.07) is 6.48. The van der Waals surface area contributed by atoms with Crippen LogP contribution in [-0.4, -0.2) is 14.8 Å². The van der Waals surface area contributed by atoms with Crippen molar-refractivity contribution >= 4 is 0 Å². The lowest BCUT2D eigenvalue weighted by atomic mass is 10.1. The van der Waals surface area contributed by atoms with Gasteiger partial charge in [0.05, 0.1) is 11.4 Å². The van der Waals surface area contributed by atoms with Crippen molar-refractivity contribution in [3.63, 3.8) is 0 Å². The molecule has 90 valence electrons. The average Bonchev–Trinajstić information content (AvgIpc) is 2.66. The molecule has 0 amide bonds. The van der Waals surface area contributed by atoms with Gasteiger partial charge in [-0.15, -0.1) is 0 Å². The van der Waals surface area contributed by atoms with Gasteiger partial charge in [0.2, 0.25) is 0 Å². The molecule has 0 saturated heterocycles. The van der Waals surface area contributed by atoms with Gasteiger partial charge in [-0.3, -0.25) is 9.67 Å². The van der Waals surface area contributed by atoms with Crippen LogP contribution in [0.2, 0.25) is 0 Å². The number of hydrogen-bond donors (Lipinski definition) is 1. The Morgan fingerprint density at radius 3 is 2.65 bits per heavy atom. The number of aryl methyl sites for hydroxylation is 2. The van der Waals surface area contributed by atoms with E-state index in [2.05, 4.69) is 28.4 Å². The molecule has 0 bridgehead atoms. The van der Waals surface area contributed by atoms with Crippen molar-refractivity contribution in [2.24, 2.45) is 7.05 Å². The van der Waals surface area contributed by atoms with Crippen LogP contribution in [0.4, 0.5) is 0 Å². The van der Waals surface area contributed by atoms with Gasteiger partial charge < -0.3 is 5.32 Å². The van der Waals surface area contributed by atoms with Gasteiger partial charge in [-0.2, -0.15) is 5.10 Å². The van der Waals surface area contributed by atoms with Gasteiger partial charge in [-0.05, 0) is 37.6 Å². The van der Waals surface area contributed by atoms with Crippen LogP contribution >= 0.6 is 0 Å². The van der Waals surface area contributed by atoms with E-state index in [1.165, 1.54) is 11.3 Å². The molecule has 17 heavy (non-hydrogen) atoms. The molecule has 0 aliphatic heterocycles. The normalized spacial score (nSPS) is 12.6. The SMILES string of the molecule is Cc1cc(CN[C@H](C)c2ccncc2)n(C)n1. The van der Waals surface area contributed by atoms with Gasteiger partial charge in [0, 0.05) is 32.0 Å². The van der Waals surface area contributed by atoms with E-state index in [1.807, 2.05) is 43.2 Å². The first-order chi connectivity index (χ1) is 8.16. The van der Waals surface area contributed by atoms with Crippen molar-refractivity contribution in [2.45, 2.75) is 26.4 Å². The van der Waals surface area contributed by atoms with Gasteiger partial charge in [0.25, 0.3) is 0 Å². The number of aromatic nitrogens is 3. The largest absolute Gasteiger partial charge is 0.305 e. The van der Waals surface area contributed by atoms with E-state index in [1.54, 1.807) is 0 Å². The monoisotopic (exact) mass is 230 g/mol. The minimum Gasteiger partial charge on any atom is -0.305 e. The van der Waals surface area contributed by atoms with Crippen LogP contribution in [0.25, 0.3) is 0 Å². The maximum absolute atomic E-state index is 4.33. The Morgan fingerprint density at radius 2 is 2.06 bits per heavy atom.